The molecule has 12 heteroatoms. The Balaban J connectivity index is 2.41. The van der Waals surface area contributed by atoms with Gasteiger partial charge in [-0.15, -0.1) is 11.8 Å². The van der Waals surface area contributed by atoms with E-state index in [0.29, 0.717) is 11.8 Å². The van der Waals surface area contributed by atoms with E-state index in [0.717, 1.165) is 0 Å². The fraction of sp³-hybridized carbons (Fsp3) is 0.231. The number of nitrogens with one attached hydrogen (secondary N) is 2. The summed E-state index contributed by atoms with van der Waals surface area (Å²) in [5.74, 6) is -0.905. The average Bonchev–Trinajstić information content (AvgIpc) is 2.53. The Morgan fingerprint density at radius 3 is 2.56 bits per heavy atom. The molecule has 0 bridgehead atoms. The van der Waals surface area contributed by atoms with Gasteiger partial charge in [-0.3, -0.25) is 0 Å². The highest BCUT2D eigenvalue weighted by molar-refractivity contribution is 7.99. The first-order valence-corrected chi connectivity index (χ1v) is 9.47. The van der Waals surface area contributed by atoms with Gasteiger partial charge in [0.15, 0.2) is 0 Å². The van der Waals surface area contributed by atoms with E-state index in [4.69, 9.17) is 11.6 Å². The first-order chi connectivity index (χ1) is 11.6. The van der Waals surface area contributed by atoms with Gasteiger partial charge in [-0.05, 0) is 25.2 Å². The molecule has 1 aromatic heterocycles. The molecule has 0 amide bonds. The fourth-order valence-corrected chi connectivity index (χ4v) is 3.37. The molecular weight excluding hydrogens is 401 g/mol. The van der Waals surface area contributed by atoms with Crippen molar-refractivity contribution in [2.24, 2.45) is 0 Å². The second-order valence-electron chi connectivity index (χ2n) is 4.62. The number of hydrogen-bond donors (Lipinski definition) is 2. The van der Waals surface area contributed by atoms with E-state index in [-0.39, 0.29) is 26.4 Å². The molecule has 2 N–H and O–H groups in total. The molecule has 0 radical (unpaired) electrons. The highest BCUT2D eigenvalue weighted by atomic mass is 35.5. The maximum Gasteiger partial charge on any atom is 0.398 e. The van der Waals surface area contributed by atoms with Crippen LogP contribution in [0.5, 0.6) is 0 Å². The van der Waals surface area contributed by atoms with E-state index in [1.54, 1.807) is 0 Å². The van der Waals surface area contributed by atoms with Gasteiger partial charge in [0.05, 0.1) is 16.3 Å². The topological polar surface area (TPSA) is 84.0 Å². The molecule has 6 nitrogen and oxygen atoms in total. The number of nitrogens with zero attached hydrogens (tertiary/aromatic N) is 2. The summed E-state index contributed by atoms with van der Waals surface area (Å²) in [7, 11) is -2.53. The Labute approximate surface area is 151 Å². The zero-order valence-corrected chi connectivity index (χ0v) is 15.0. The normalized spacial score (nSPS) is 12.2. The summed E-state index contributed by atoms with van der Waals surface area (Å²) in [5.41, 5.74) is 0.153. The highest BCUT2D eigenvalue weighted by Gasteiger charge is 2.28. The number of halogens is 4. The highest BCUT2D eigenvalue weighted by Crippen LogP contribution is 2.35. The van der Waals surface area contributed by atoms with Gasteiger partial charge >= 0.3 is 6.18 Å². The van der Waals surface area contributed by atoms with Gasteiger partial charge in [0, 0.05) is 11.0 Å². The van der Waals surface area contributed by atoms with E-state index in [9.17, 15) is 21.6 Å². The van der Waals surface area contributed by atoms with Crippen LogP contribution in [-0.4, -0.2) is 37.4 Å². The Kier molecular flexibility index (Phi) is 6.14. The Morgan fingerprint density at radius 2 is 1.96 bits per heavy atom. The lowest BCUT2D eigenvalue weighted by Gasteiger charge is -2.14. The zero-order chi connectivity index (χ0) is 18.7. The second kappa shape index (κ2) is 7.77. The molecule has 0 unspecified atom stereocenters. The number of benzene rings is 1. The van der Waals surface area contributed by atoms with E-state index < -0.39 is 22.0 Å². The van der Waals surface area contributed by atoms with Gasteiger partial charge in [-0.1, -0.05) is 11.6 Å². The van der Waals surface area contributed by atoms with Crippen molar-refractivity contribution in [3.05, 3.63) is 35.7 Å². The average molecular weight is 413 g/mol. The van der Waals surface area contributed by atoms with Crippen LogP contribution < -0.4 is 10.0 Å². The number of aromatic nitrogens is 2. The van der Waals surface area contributed by atoms with Crippen LogP contribution in [0.2, 0.25) is 5.15 Å². The van der Waals surface area contributed by atoms with Crippen molar-refractivity contribution in [1.29, 1.82) is 0 Å². The largest absolute Gasteiger partial charge is 0.398 e. The third kappa shape index (κ3) is 5.73. The summed E-state index contributed by atoms with van der Waals surface area (Å²) in [5, 5.41) is 2.90. The molecule has 1 heterocycles. The van der Waals surface area contributed by atoms with Crippen LogP contribution >= 0.6 is 23.4 Å². The molecule has 0 saturated heterocycles. The molecule has 0 saturated carbocycles. The third-order valence-corrected chi connectivity index (χ3v) is 5.58. The number of rotatable bonds is 6. The smallest absolute Gasteiger partial charge is 0.339 e. The van der Waals surface area contributed by atoms with Crippen LogP contribution in [0.1, 0.15) is 0 Å². The van der Waals surface area contributed by atoms with Crippen molar-refractivity contribution in [2.45, 2.75) is 16.0 Å². The molecule has 0 atom stereocenters. The van der Waals surface area contributed by atoms with Crippen molar-refractivity contribution in [1.82, 2.24) is 14.7 Å². The summed E-state index contributed by atoms with van der Waals surface area (Å²) in [6.45, 7) is 0. The summed E-state index contributed by atoms with van der Waals surface area (Å²) < 4.78 is 63.4. The zero-order valence-electron chi connectivity index (χ0n) is 12.6. The molecule has 1 aromatic carbocycles. The summed E-state index contributed by atoms with van der Waals surface area (Å²) in [6.07, 6.45) is -3.20. The molecule has 25 heavy (non-hydrogen) atoms. The van der Waals surface area contributed by atoms with E-state index in [2.05, 4.69) is 20.0 Å². The molecule has 2 rings (SSSR count). The van der Waals surface area contributed by atoms with Crippen LogP contribution in [0.4, 0.5) is 24.7 Å². The van der Waals surface area contributed by atoms with Gasteiger partial charge in [0.25, 0.3) is 0 Å². The van der Waals surface area contributed by atoms with Crippen molar-refractivity contribution in [3.63, 3.8) is 0 Å². The van der Waals surface area contributed by atoms with Gasteiger partial charge in [-0.2, -0.15) is 13.2 Å². The van der Waals surface area contributed by atoms with E-state index >= 15 is 0 Å². The summed E-state index contributed by atoms with van der Waals surface area (Å²) in [4.78, 5) is 7.70. The standard InChI is InChI=1S/C13H12ClF3N4O2S2/c1-18-25(22,23)8-2-3-10(24-6-13(15,16)17)9(4-8)21-12-5-11(14)19-7-20-12/h2-5,7,18H,6H2,1H3,(H,19,20,21). The lowest BCUT2D eigenvalue weighted by Crippen LogP contribution is -2.18. The molecule has 0 spiro atoms. The first-order valence-electron chi connectivity index (χ1n) is 6.62. The van der Waals surface area contributed by atoms with Crippen molar-refractivity contribution >= 4 is 44.9 Å². The van der Waals surface area contributed by atoms with Crippen LogP contribution in [0.25, 0.3) is 0 Å². The summed E-state index contributed by atoms with van der Waals surface area (Å²) >= 11 is 6.27. The molecule has 0 aliphatic heterocycles. The van der Waals surface area contributed by atoms with Crippen molar-refractivity contribution in [2.75, 3.05) is 18.1 Å². The number of thioether (sulfide) groups is 1. The van der Waals surface area contributed by atoms with Gasteiger partial charge in [-0.25, -0.2) is 23.1 Å². The maximum absolute atomic E-state index is 12.5. The van der Waals surface area contributed by atoms with Gasteiger partial charge in [0.1, 0.15) is 17.3 Å². The molecular formula is C13H12ClF3N4O2S2. The van der Waals surface area contributed by atoms with Gasteiger partial charge in [0.2, 0.25) is 10.0 Å². The van der Waals surface area contributed by atoms with E-state index in [1.807, 2.05) is 0 Å². The first kappa shape index (κ1) is 19.8. The minimum atomic E-state index is -4.37. The quantitative estimate of drug-likeness (QED) is 0.558. The predicted octanol–water partition coefficient (Wildman–Crippen LogP) is 3.44. The van der Waals surface area contributed by atoms with Crippen molar-refractivity contribution in [3.8, 4) is 0 Å². The lowest BCUT2D eigenvalue weighted by atomic mass is 10.3. The molecule has 2 aromatic rings. The number of alkyl halides is 3. The minimum Gasteiger partial charge on any atom is -0.339 e. The van der Waals surface area contributed by atoms with Crippen molar-refractivity contribution < 1.29 is 21.6 Å². The second-order valence-corrected chi connectivity index (χ2v) is 7.91. The fourth-order valence-electron chi connectivity index (χ4n) is 1.72. The molecule has 136 valence electrons. The van der Waals surface area contributed by atoms with Crippen LogP contribution in [0, 0.1) is 0 Å². The lowest BCUT2D eigenvalue weighted by molar-refractivity contribution is -0.105. The number of anilines is 2. The molecule has 0 aliphatic rings. The number of sulfonamides is 1. The number of hydrogen-bond acceptors (Lipinski definition) is 6. The minimum absolute atomic E-state index is 0.103. The van der Waals surface area contributed by atoms with E-state index in [1.165, 1.54) is 37.6 Å². The third-order valence-electron chi connectivity index (χ3n) is 2.82. The predicted molar refractivity (Wildman–Crippen MR) is 89.8 cm³/mol. The van der Waals surface area contributed by atoms with Crippen LogP contribution in [0.3, 0.4) is 0 Å². The molecule has 0 aliphatic carbocycles. The molecule has 0 fully saturated rings. The summed E-state index contributed by atoms with van der Waals surface area (Å²) in [6, 6.07) is 5.11. The van der Waals surface area contributed by atoms with Crippen LogP contribution in [-0.2, 0) is 10.0 Å². The van der Waals surface area contributed by atoms with Gasteiger partial charge < -0.3 is 5.32 Å². The Morgan fingerprint density at radius 1 is 1.24 bits per heavy atom. The maximum atomic E-state index is 12.5. The Bertz CT molecular complexity index is 863. The SMILES string of the molecule is CNS(=O)(=O)c1ccc(SCC(F)(F)F)c(Nc2cc(Cl)ncn2)c1. The monoisotopic (exact) mass is 412 g/mol. The van der Waals surface area contributed by atoms with Crippen LogP contribution in [0.15, 0.2) is 40.4 Å². The Hall–Kier alpha value is -1.56.